The summed E-state index contributed by atoms with van der Waals surface area (Å²) in [6.07, 6.45) is 0. The second kappa shape index (κ2) is 8.21. The number of para-hydroxylation sites is 3. The molecule has 0 aliphatic rings. The number of benzene rings is 3. The molecule has 132 valence electrons. The maximum absolute atomic E-state index is 12.3. The molecule has 4 heteroatoms. The van der Waals surface area contributed by atoms with E-state index in [1.807, 2.05) is 80.6 Å². The first-order chi connectivity index (χ1) is 12.6. The average molecular weight is 346 g/mol. The molecular formula is C22H22N2O2. The topological polar surface area (TPSA) is 50.4 Å². The molecule has 3 rings (SSSR count). The Morgan fingerprint density at radius 2 is 1.54 bits per heavy atom. The Morgan fingerprint density at radius 3 is 2.27 bits per heavy atom. The van der Waals surface area contributed by atoms with E-state index in [9.17, 15) is 4.79 Å². The number of hydrogen-bond acceptors (Lipinski definition) is 3. The van der Waals surface area contributed by atoms with Crippen molar-refractivity contribution in [3.8, 4) is 11.5 Å². The van der Waals surface area contributed by atoms with E-state index in [2.05, 4.69) is 16.7 Å². The molecule has 0 unspecified atom stereocenters. The van der Waals surface area contributed by atoms with Gasteiger partial charge in [0.15, 0.2) is 5.75 Å². The summed E-state index contributed by atoms with van der Waals surface area (Å²) in [6, 6.07) is 23.1. The summed E-state index contributed by atoms with van der Waals surface area (Å²) in [7, 11) is 0. The van der Waals surface area contributed by atoms with Crippen LogP contribution in [0.3, 0.4) is 0 Å². The van der Waals surface area contributed by atoms with Crippen LogP contribution in [0.1, 0.15) is 11.1 Å². The molecule has 0 bridgehead atoms. The zero-order valence-electron chi connectivity index (χ0n) is 15.0. The fourth-order valence-corrected chi connectivity index (χ4v) is 2.74. The van der Waals surface area contributed by atoms with E-state index in [0.29, 0.717) is 5.75 Å². The minimum Gasteiger partial charge on any atom is -0.455 e. The molecule has 0 radical (unpaired) electrons. The van der Waals surface area contributed by atoms with Gasteiger partial charge in [-0.25, -0.2) is 0 Å². The monoisotopic (exact) mass is 346 g/mol. The molecule has 0 aliphatic heterocycles. The zero-order valence-corrected chi connectivity index (χ0v) is 15.0. The zero-order chi connectivity index (χ0) is 18.4. The third kappa shape index (κ3) is 4.86. The van der Waals surface area contributed by atoms with E-state index < -0.39 is 0 Å². The average Bonchev–Trinajstić information content (AvgIpc) is 2.61. The van der Waals surface area contributed by atoms with E-state index in [1.165, 1.54) is 0 Å². The summed E-state index contributed by atoms with van der Waals surface area (Å²) in [5.74, 6) is 1.32. The van der Waals surface area contributed by atoms with Crippen molar-refractivity contribution in [2.45, 2.75) is 13.8 Å². The summed E-state index contributed by atoms with van der Waals surface area (Å²) in [5, 5.41) is 6.07. The molecule has 0 saturated heterocycles. The number of rotatable bonds is 6. The molecule has 0 spiro atoms. The largest absolute Gasteiger partial charge is 0.455 e. The Kier molecular flexibility index (Phi) is 5.54. The molecule has 0 aliphatic carbocycles. The van der Waals surface area contributed by atoms with Crippen LogP contribution in [0.5, 0.6) is 11.5 Å². The van der Waals surface area contributed by atoms with Gasteiger partial charge in [-0.2, -0.15) is 0 Å². The lowest BCUT2D eigenvalue weighted by Gasteiger charge is -2.13. The number of aryl methyl sites for hydroxylation is 2. The smallest absolute Gasteiger partial charge is 0.243 e. The summed E-state index contributed by atoms with van der Waals surface area (Å²) >= 11 is 0. The van der Waals surface area contributed by atoms with Gasteiger partial charge in [-0.15, -0.1) is 0 Å². The lowest BCUT2D eigenvalue weighted by molar-refractivity contribution is -0.114. The van der Waals surface area contributed by atoms with Gasteiger partial charge in [0.1, 0.15) is 5.75 Å². The van der Waals surface area contributed by atoms with Crippen molar-refractivity contribution in [1.82, 2.24) is 0 Å². The number of carbonyl (C=O) groups excluding carboxylic acids is 1. The van der Waals surface area contributed by atoms with E-state index in [4.69, 9.17) is 4.74 Å². The van der Waals surface area contributed by atoms with Crippen LogP contribution < -0.4 is 15.4 Å². The van der Waals surface area contributed by atoms with Crippen LogP contribution in [0.25, 0.3) is 0 Å². The fourth-order valence-electron chi connectivity index (χ4n) is 2.74. The third-order valence-electron chi connectivity index (χ3n) is 3.80. The van der Waals surface area contributed by atoms with Gasteiger partial charge in [-0.1, -0.05) is 36.4 Å². The summed E-state index contributed by atoms with van der Waals surface area (Å²) in [6.45, 7) is 4.18. The van der Waals surface area contributed by atoms with Crippen LogP contribution in [-0.2, 0) is 4.79 Å². The Labute approximate surface area is 153 Å². The number of carbonyl (C=O) groups is 1. The highest BCUT2D eigenvalue weighted by Gasteiger charge is 2.07. The second-order valence-corrected chi connectivity index (χ2v) is 6.19. The first-order valence-corrected chi connectivity index (χ1v) is 8.54. The Hall–Kier alpha value is -3.27. The molecule has 2 N–H and O–H groups in total. The first kappa shape index (κ1) is 17.5. The van der Waals surface area contributed by atoms with Gasteiger partial charge in [-0.3, -0.25) is 4.79 Å². The standard InChI is InChI=1S/C22H22N2O2/c1-16-12-17(2)14-18(13-16)24-22(25)15-23-20-10-6-7-11-21(20)26-19-8-4-3-5-9-19/h3-14,23H,15H2,1-2H3,(H,24,25). The van der Waals surface area contributed by atoms with Crippen LogP contribution in [-0.4, -0.2) is 12.5 Å². The number of nitrogens with one attached hydrogen (secondary N) is 2. The molecule has 0 heterocycles. The van der Waals surface area contributed by atoms with Crippen molar-refractivity contribution in [3.63, 3.8) is 0 Å². The van der Waals surface area contributed by atoms with Crippen LogP contribution >= 0.6 is 0 Å². The van der Waals surface area contributed by atoms with Gasteiger partial charge in [-0.05, 0) is 61.4 Å². The molecule has 3 aromatic carbocycles. The van der Waals surface area contributed by atoms with Crippen LogP contribution in [0, 0.1) is 13.8 Å². The van der Waals surface area contributed by atoms with E-state index in [0.717, 1.165) is 28.3 Å². The Morgan fingerprint density at radius 1 is 0.885 bits per heavy atom. The minimum atomic E-state index is -0.107. The summed E-state index contributed by atoms with van der Waals surface area (Å²) < 4.78 is 5.90. The summed E-state index contributed by atoms with van der Waals surface area (Å²) in [4.78, 5) is 12.3. The third-order valence-corrected chi connectivity index (χ3v) is 3.80. The molecule has 1 amide bonds. The molecule has 0 atom stereocenters. The molecule has 0 aromatic heterocycles. The highest BCUT2D eigenvalue weighted by molar-refractivity contribution is 5.94. The van der Waals surface area contributed by atoms with E-state index in [-0.39, 0.29) is 12.5 Å². The van der Waals surface area contributed by atoms with Crippen molar-refractivity contribution in [3.05, 3.63) is 83.9 Å². The van der Waals surface area contributed by atoms with Crippen LogP contribution in [0.2, 0.25) is 0 Å². The molecule has 26 heavy (non-hydrogen) atoms. The Balaban J connectivity index is 1.63. The lowest BCUT2D eigenvalue weighted by Crippen LogP contribution is -2.22. The SMILES string of the molecule is Cc1cc(C)cc(NC(=O)CNc2ccccc2Oc2ccccc2)c1. The van der Waals surface area contributed by atoms with Crippen molar-refractivity contribution >= 4 is 17.3 Å². The van der Waals surface area contributed by atoms with Crippen molar-refractivity contribution < 1.29 is 9.53 Å². The van der Waals surface area contributed by atoms with Crippen molar-refractivity contribution in [1.29, 1.82) is 0 Å². The highest BCUT2D eigenvalue weighted by atomic mass is 16.5. The molecule has 0 saturated carbocycles. The molecule has 4 nitrogen and oxygen atoms in total. The highest BCUT2D eigenvalue weighted by Crippen LogP contribution is 2.28. The van der Waals surface area contributed by atoms with E-state index >= 15 is 0 Å². The summed E-state index contributed by atoms with van der Waals surface area (Å²) in [5.41, 5.74) is 3.82. The predicted octanol–water partition coefficient (Wildman–Crippen LogP) is 5.15. The number of ether oxygens (including phenoxy) is 1. The van der Waals surface area contributed by atoms with Crippen molar-refractivity contribution in [2.24, 2.45) is 0 Å². The minimum absolute atomic E-state index is 0.107. The second-order valence-electron chi connectivity index (χ2n) is 6.19. The number of anilines is 2. The number of amides is 1. The number of hydrogen-bond donors (Lipinski definition) is 2. The fraction of sp³-hybridized carbons (Fsp3) is 0.136. The van der Waals surface area contributed by atoms with Gasteiger partial charge in [0.2, 0.25) is 5.91 Å². The lowest BCUT2D eigenvalue weighted by atomic mass is 10.1. The predicted molar refractivity (Wildman–Crippen MR) is 106 cm³/mol. The van der Waals surface area contributed by atoms with Gasteiger partial charge in [0.05, 0.1) is 12.2 Å². The Bertz CT molecular complexity index is 871. The normalized spacial score (nSPS) is 10.2. The van der Waals surface area contributed by atoms with Gasteiger partial charge in [0.25, 0.3) is 0 Å². The van der Waals surface area contributed by atoms with Gasteiger partial charge < -0.3 is 15.4 Å². The van der Waals surface area contributed by atoms with Crippen molar-refractivity contribution in [2.75, 3.05) is 17.2 Å². The van der Waals surface area contributed by atoms with Crippen LogP contribution in [0.15, 0.2) is 72.8 Å². The molecular weight excluding hydrogens is 324 g/mol. The molecule has 0 fully saturated rings. The van der Waals surface area contributed by atoms with E-state index in [1.54, 1.807) is 0 Å². The van der Waals surface area contributed by atoms with Gasteiger partial charge in [0, 0.05) is 5.69 Å². The maximum Gasteiger partial charge on any atom is 0.243 e. The molecule has 3 aromatic rings. The maximum atomic E-state index is 12.3. The first-order valence-electron chi connectivity index (χ1n) is 8.54. The van der Waals surface area contributed by atoms with Gasteiger partial charge >= 0.3 is 0 Å². The van der Waals surface area contributed by atoms with Crippen LogP contribution in [0.4, 0.5) is 11.4 Å². The quantitative estimate of drug-likeness (QED) is 0.649.